The van der Waals surface area contributed by atoms with E-state index in [0.29, 0.717) is 18.9 Å². The maximum Gasteiger partial charge on any atom is 0.260 e. The van der Waals surface area contributed by atoms with Crippen LogP contribution in [-0.4, -0.2) is 44.6 Å². The molecule has 3 heterocycles. The Hall–Kier alpha value is -2.90. The molecule has 1 aliphatic heterocycles. The zero-order chi connectivity index (χ0) is 16.4. The van der Waals surface area contributed by atoms with Gasteiger partial charge in [0.25, 0.3) is 11.5 Å². The van der Waals surface area contributed by atoms with E-state index >= 15 is 0 Å². The van der Waals surface area contributed by atoms with Gasteiger partial charge < -0.3 is 15.2 Å². The normalized spacial score (nSPS) is 17.3. The highest BCUT2D eigenvalue weighted by atomic mass is 16.2. The van der Waals surface area contributed by atoms with Gasteiger partial charge in [-0.05, 0) is 18.6 Å². The van der Waals surface area contributed by atoms with E-state index in [0.717, 1.165) is 6.42 Å². The topological polar surface area (TPSA) is 100 Å². The number of nitrogens with zero attached hydrogens (tertiary/aromatic N) is 3. The quantitative estimate of drug-likeness (QED) is 0.867. The summed E-state index contributed by atoms with van der Waals surface area (Å²) >= 11 is 0. The Morgan fingerprint density at radius 2 is 2.22 bits per heavy atom. The monoisotopic (exact) mass is 315 g/mol. The molecule has 2 aromatic rings. The molecule has 0 aromatic carbocycles. The molecule has 2 aromatic heterocycles. The lowest BCUT2D eigenvalue weighted by Gasteiger charge is -2.16. The van der Waals surface area contributed by atoms with E-state index in [9.17, 15) is 14.4 Å². The van der Waals surface area contributed by atoms with Crippen LogP contribution in [0.15, 0.2) is 35.4 Å². The second kappa shape index (κ2) is 6.07. The van der Waals surface area contributed by atoms with Crippen LogP contribution >= 0.6 is 0 Å². The zero-order valence-corrected chi connectivity index (χ0v) is 12.7. The predicted molar refractivity (Wildman–Crippen MR) is 83.2 cm³/mol. The van der Waals surface area contributed by atoms with E-state index < -0.39 is 0 Å². The number of nitrogens with one attached hydrogen (secondary N) is 2. The molecule has 8 heteroatoms. The number of anilines is 1. The van der Waals surface area contributed by atoms with Crippen LogP contribution in [0.5, 0.6) is 0 Å². The van der Waals surface area contributed by atoms with E-state index in [-0.39, 0.29) is 29.0 Å². The third-order valence-electron chi connectivity index (χ3n) is 3.79. The summed E-state index contributed by atoms with van der Waals surface area (Å²) in [7, 11) is 0. The van der Waals surface area contributed by atoms with Crippen LogP contribution < -0.4 is 10.9 Å². The second-order valence-electron chi connectivity index (χ2n) is 5.47. The first-order valence-electron chi connectivity index (χ1n) is 7.34. The Morgan fingerprint density at radius 1 is 1.39 bits per heavy atom. The van der Waals surface area contributed by atoms with Crippen LogP contribution in [0.25, 0.3) is 0 Å². The Labute approximate surface area is 132 Å². The SMILES string of the molecule is CC(=O)Nc1ccn(C2CCN(C(=O)c3ccc[nH]c3=O)C2)n1. The Kier molecular flexibility index (Phi) is 3.96. The molecule has 0 spiro atoms. The van der Waals surface area contributed by atoms with Crippen molar-refractivity contribution < 1.29 is 9.59 Å². The summed E-state index contributed by atoms with van der Waals surface area (Å²) in [5.41, 5.74) is -0.236. The van der Waals surface area contributed by atoms with Crippen molar-refractivity contribution in [2.24, 2.45) is 0 Å². The summed E-state index contributed by atoms with van der Waals surface area (Å²) in [6, 6.07) is 4.91. The standard InChI is InChI=1S/C15H17N5O3/c1-10(21)17-13-5-8-20(18-13)11-4-7-19(9-11)15(23)12-3-2-6-16-14(12)22/h2-3,5-6,8,11H,4,7,9H2,1H3,(H,16,22)(H,17,18,21). The van der Waals surface area contributed by atoms with E-state index in [2.05, 4.69) is 15.4 Å². The van der Waals surface area contributed by atoms with Gasteiger partial charge in [-0.15, -0.1) is 0 Å². The number of likely N-dealkylation sites (tertiary alicyclic amines) is 1. The Balaban J connectivity index is 1.70. The summed E-state index contributed by atoms with van der Waals surface area (Å²) in [5, 5.41) is 6.91. The number of aromatic amines is 1. The number of hydrogen-bond donors (Lipinski definition) is 2. The number of carbonyl (C=O) groups excluding carboxylic acids is 2. The first-order chi connectivity index (χ1) is 11.0. The molecule has 0 saturated carbocycles. The lowest BCUT2D eigenvalue weighted by molar-refractivity contribution is -0.114. The van der Waals surface area contributed by atoms with Crippen molar-refractivity contribution in [2.45, 2.75) is 19.4 Å². The van der Waals surface area contributed by atoms with Gasteiger partial charge in [0.2, 0.25) is 5.91 Å². The van der Waals surface area contributed by atoms with Gasteiger partial charge in [0.15, 0.2) is 5.82 Å². The molecular weight excluding hydrogens is 298 g/mol. The summed E-state index contributed by atoms with van der Waals surface area (Å²) in [6.07, 6.45) is 4.02. The summed E-state index contributed by atoms with van der Waals surface area (Å²) in [5.74, 6) is 0.0344. The highest BCUT2D eigenvalue weighted by molar-refractivity contribution is 5.94. The number of rotatable bonds is 3. The Bertz CT molecular complexity index is 794. The van der Waals surface area contributed by atoms with Gasteiger partial charge in [-0.25, -0.2) is 0 Å². The van der Waals surface area contributed by atoms with Gasteiger partial charge in [0, 0.05) is 38.5 Å². The lowest BCUT2D eigenvalue weighted by Crippen LogP contribution is -2.33. The van der Waals surface area contributed by atoms with Crippen LogP contribution in [0.3, 0.4) is 0 Å². The maximum absolute atomic E-state index is 12.4. The molecule has 0 aliphatic carbocycles. The zero-order valence-electron chi connectivity index (χ0n) is 12.7. The van der Waals surface area contributed by atoms with Gasteiger partial charge in [0.05, 0.1) is 6.04 Å². The molecule has 120 valence electrons. The highest BCUT2D eigenvalue weighted by Gasteiger charge is 2.29. The molecule has 1 unspecified atom stereocenters. The number of amides is 2. The molecule has 2 N–H and O–H groups in total. The van der Waals surface area contributed by atoms with Gasteiger partial charge in [-0.1, -0.05) is 0 Å². The van der Waals surface area contributed by atoms with E-state index in [1.807, 2.05) is 0 Å². The van der Waals surface area contributed by atoms with E-state index in [4.69, 9.17) is 0 Å². The van der Waals surface area contributed by atoms with Crippen LogP contribution in [-0.2, 0) is 4.79 Å². The third kappa shape index (κ3) is 3.15. The molecule has 2 amide bonds. The number of hydrogen-bond acceptors (Lipinski definition) is 4. The van der Waals surface area contributed by atoms with Gasteiger partial charge in [-0.3, -0.25) is 19.1 Å². The number of pyridine rings is 1. The molecule has 3 rings (SSSR count). The fraction of sp³-hybridized carbons (Fsp3) is 0.333. The lowest BCUT2D eigenvalue weighted by atomic mass is 10.2. The molecule has 0 bridgehead atoms. The molecule has 1 fully saturated rings. The van der Waals surface area contributed by atoms with E-state index in [1.165, 1.54) is 19.2 Å². The van der Waals surface area contributed by atoms with Crippen molar-refractivity contribution in [3.63, 3.8) is 0 Å². The second-order valence-corrected chi connectivity index (χ2v) is 5.47. The minimum Gasteiger partial charge on any atom is -0.336 e. The molecule has 23 heavy (non-hydrogen) atoms. The van der Waals surface area contributed by atoms with Gasteiger partial charge in [0.1, 0.15) is 5.56 Å². The molecule has 0 radical (unpaired) electrons. The first kappa shape index (κ1) is 15.0. The fourth-order valence-corrected chi connectivity index (χ4v) is 2.69. The molecule has 8 nitrogen and oxygen atoms in total. The highest BCUT2D eigenvalue weighted by Crippen LogP contribution is 2.22. The van der Waals surface area contributed by atoms with Crippen LogP contribution in [0.2, 0.25) is 0 Å². The summed E-state index contributed by atoms with van der Waals surface area (Å²) in [4.78, 5) is 39.3. The van der Waals surface area contributed by atoms with E-state index in [1.54, 1.807) is 27.9 Å². The van der Waals surface area contributed by atoms with Crippen molar-refractivity contribution in [3.05, 3.63) is 46.5 Å². The maximum atomic E-state index is 12.4. The van der Waals surface area contributed by atoms with Crippen molar-refractivity contribution in [1.29, 1.82) is 0 Å². The Morgan fingerprint density at radius 3 is 2.96 bits per heavy atom. The van der Waals surface area contributed by atoms with Crippen LogP contribution in [0, 0.1) is 0 Å². The van der Waals surface area contributed by atoms with Crippen molar-refractivity contribution in [2.75, 3.05) is 18.4 Å². The van der Waals surface area contributed by atoms with Gasteiger partial charge in [-0.2, -0.15) is 5.10 Å². The average Bonchev–Trinajstić information content (AvgIpc) is 3.15. The number of aromatic nitrogens is 3. The minimum absolute atomic E-state index is 0.0317. The smallest absolute Gasteiger partial charge is 0.260 e. The summed E-state index contributed by atoms with van der Waals surface area (Å²) < 4.78 is 1.74. The van der Waals surface area contributed by atoms with Crippen molar-refractivity contribution >= 4 is 17.6 Å². The van der Waals surface area contributed by atoms with Crippen molar-refractivity contribution in [3.8, 4) is 0 Å². The van der Waals surface area contributed by atoms with Crippen molar-refractivity contribution in [1.82, 2.24) is 19.7 Å². The summed E-state index contributed by atoms with van der Waals surface area (Å²) in [6.45, 7) is 2.47. The van der Waals surface area contributed by atoms with Crippen LogP contribution in [0.1, 0.15) is 29.7 Å². The first-order valence-corrected chi connectivity index (χ1v) is 7.34. The largest absolute Gasteiger partial charge is 0.336 e. The number of carbonyl (C=O) groups is 2. The third-order valence-corrected chi connectivity index (χ3v) is 3.79. The molecule has 1 aliphatic rings. The fourth-order valence-electron chi connectivity index (χ4n) is 2.69. The minimum atomic E-state index is -0.381. The molecule has 1 saturated heterocycles. The molecular formula is C15H17N5O3. The molecule has 1 atom stereocenters. The van der Waals surface area contributed by atoms with Crippen LogP contribution in [0.4, 0.5) is 5.82 Å². The average molecular weight is 315 g/mol. The van der Waals surface area contributed by atoms with Gasteiger partial charge >= 0.3 is 0 Å². The number of H-pyrrole nitrogens is 1. The predicted octanol–water partition coefficient (Wildman–Crippen LogP) is 0.617.